The third-order valence-corrected chi connectivity index (χ3v) is 9.67. The maximum atomic E-state index is 12.7. The van der Waals surface area contributed by atoms with Gasteiger partial charge in [-0.1, -0.05) is 134 Å². The standard InChI is InChI=1S/C21H22ClN3O.C11H12ClN3.C10H12O2/c1-3-18(15-9-5-4-6-10-15)20(26)24-21-23-14-17(25(21)2)13-16-11-7-8-12-19(16)22;1-15-9(7-14-11(15)13)6-8-4-2-3-5-10(8)12;1-2-9(10(11)12)8-6-4-3-5-7-8/h4-12,14,18H,3,13H2,1-2H3,(H,23,24,26);2-5,7H,6H2,1H3,(H2,13,14);3-7,9H,2H2,1H3,(H,11,12). The third-order valence-electron chi connectivity index (χ3n) is 8.93. The molecule has 6 aromatic rings. The minimum absolute atomic E-state index is 0.0447. The van der Waals surface area contributed by atoms with Crippen LogP contribution in [-0.2, 0) is 36.5 Å². The van der Waals surface area contributed by atoms with Gasteiger partial charge in [0.2, 0.25) is 11.9 Å². The number of imidazole rings is 2. The van der Waals surface area contributed by atoms with Crippen LogP contribution in [0.15, 0.2) is 122 Å². The highest BCUT2D eigenvalue weighted by molar-refractivity contribution is 6.31. The highest BCUT2D eigenvalue weighted by Crippen LogP contribution is 2.24. The first-order chi connectivity index (χ1) is 25.5. The van der Waals surface area contributed by atoms with Crippen LogP contribution in [0.3, 0.4) is 0 Å². The minimum Gasteiger partial charge on any atom is -0.481 e. The molecule has 1 amide bonds. The summed E-state index contributed by atoms with van der Waals surface area (Å²) >= 11 is 12.3. The summed E-state index contributed by atoms with van der Waals surface area (Å²) in [6, 6.07) is 34.7. The van der Waals surface area contributed by atoms with Crippen molar-refractivity contribution in [2.24, 2.45) is 14.1 Å². The Balaban J connectivity index is 0.000000196. The quantitative estimate of drug-likeness (QED) is 0.121. The number of aliphatic carboxylic acids is 1. The monoisotopic (exact) mass is 752 g/mol. The van der Waals surface area contributed by atoms with Crippen molar-refractivity contribution < 1.29 is 14.7 Å². The Morgan fingerprint density at radius 1 is 0.679 bits per heavy atom. The molecule has 2 atom stereocenters. The largest absolute Gasteiger partial charge is 0.481 e. The maximum absolute atomic E-state index is 12.7. The van der Waals surface area contributed by atoms with Crippen LogP contribution in [0.4, 0.5) is 11.9 Å². The van der Waals surface area contributed by atoms with Crippen LogP contribution in [0.1, 0.15) is 72.2 Å². The number of nitrogens with zero attached hydrogens (tertiary/aromatic N) is 4. The number of carbonyl (C=O) groups excluding carboxylic acids is 1. The van der Waals surface area contributed by atoms with Crippen molar-refractivity contribution in [1.29, 1.82) is 0 Å². The Hall–Kier alpha value is -5.38. The van der Waals surface area contributed by atoms with Gasteiger partial charge in [0.25, 0.3) is 0 Å². The SMILES string of the molecule is CCC(C(=O)Nc1ncc(Cc2ccccc2Cl)n1C)c1ccccc1.CCC(C(=O)O)c1ccccc1.Cn1c(Cc2ccccc2Cl)cnc1N. The minimum atomic E-state index is -0.747. The van der Waals surface area contributed by atoms with E-state index in [-0.39, 0.29) is 17.7 Å². The van der Waals surface area contributed by atoms with E-state index < -0.39 is 5.97 Å². The van der Waals surface area contributed by atoms with Crippen LogP contribution in [0, 0.1) is 0 Å². The molecule has 0 saturated carbocycles. The molecule has 2 heterocycles. The zero-order valence-corrected chi connectivity index (χ0v) is 31.9. The van der Waals surface area contributed by atoms with Crippen molar-refractivity contribution in [3.63, 3.8) is 0 Å². The maximum Gasteiger partial charge on any atom is 0.310 e. The van der Waals surface area contributed by atoms with Gasteiger partial charge in [-0.25, -0.2) is 9.97 Å². The molecular weight excluding hydrogens is 707 g/mol. The van der Waals surface area contributed by atoms with Crippen molar-refractivity contribution in [3.05, 3.63) is 165 Å². The number of halogens is 2. The number of nitrogens with one attached hydrogen (secondary N) is 1. The molecule has 6 rings (SSSR count). The van der Waals surface area contributed by atoms with Gasteiger partial charge in [-0.05, 0) is 47.2 Å². The van der Waals surface area contributed by atoms with Crippen LogP contribution in [-0.4, -0.2) is 36.1 Å². The lowest BCUT2D eigenvalue weighted by atomic mass is 9.96. The van der Waals surface area contributed by atoms with Gasteiger partial charge >= 0.3 is 5.97 Å². The number of carboxylic acid groups (broad SMARTS) is 1. The second-order valence-corrected chi connectivity index (χ2v) is 13.2. The normalized spacial score (nSPS) is 11.7. The molecule has 0 aliphatic rings. The summed E-state index contributed by atoms with van der Waals surface area (Å²) in [5.41, 5.74) is 11.7. The number of hydrogen-bond acceptors (Lipinski definition) is 5. The first-order valence-electron chi connectivity index (χ1n) is 17.4. The van der Waals surface area contributed by atoms with Gasteiger partial charge in [-0.15, -0.1) is 0 Å². The number of carbonyl (C=O) groups is 2. The molecule has 0 radical (unpaired) electrons. The molecule has 4 N–H and O–H groups in total. The average molecular weight is 754 g/mol. The molecular formula is C42H46Cl2N6O3. The average Bonchev–Trinajstić information content (AvgIpc) is 3.67. The molecule has 11 heteroatoms. The summed E-state index contributed by atoms with van der Waals surface area (Å²) in [6.07, 6.45) is 6.34. The number of amides is 1. The van der Waals surface area contributed by atoms with Gasteiger partial charge in [-0.3, -0.25) is 14.9 Å². The molecule has 276 valence electrons. The molecule has 9 nitrogen and oxygen atoms in total. The number of hydrogen-bond donors (Lipinski definition) is 3. The second-order valence-electron chi connectivity index (χ2n) is 12.4. The Labute approximate surface area is 321 Å². The second kappa shape index (κ2) is 20.0. The predicted molar refractivity (Wildman–Crippen MR) is 215 cm³/mol. The lowest BCUT2D eigenvalue weighted by molar-refractivity contribution is -0.138. The summed E-state index contributed by atoms with van der Waals surface area (Å²) in [5, 5.41) is 13.3. The van der Waals surface area contributed by atoms with Gasteiger partial charge in [0, 0.05) is 48.4 Å². The molecule has 0 saturated heterocycles. The van der Waals surface area contributed by atoms with Crippen molar-refractivity contribution >= 4 is 47.0 Å². The fourth-order valence-electron chi connectivity index (χ4n) is 5.72. The highest BCUT2D eigenvalue weighted by atomic mass is 35.5. The summed E-state index contributed by atoms with van der Waals surface area (Å²) in [7, 11) is 3.80. The van der Waals surface area contributed by atoms with Gasteiger partial charge in [0.1, 0.15) is 0 Å². The van der Waals surface area contributed by atoms with E-state index >= 15 is 0 Å². The number of nitrogens with two attached hydrogens (primary N) is 1. The molecule has 0 aliphatic heterocycles. The molecule has 2 unspecified atom stereocenters. The van der Waals surface area contributed by atoms with E-state index in [0.29, 0.717) is 24.7 Å². The van der Waals surface area contributed by atoms with Gasteiger partial charge in [0.05, 0.1) is 24.2 Å². The Morgan fingerprint density at radius 2 is 1.11 bits per heavy atom. The lowest BCUT2D eigenvalue weighted by Gasteiger charge is -2.15. The number of anilines is 2. The van der Waals surface area contributed by atoms with Crippen LogP contribution in [0.5, 0.6) is 0 Å². The Morgan fingerprint density at radius 3 is 1.55 bits per heavy atom. The van der Waals surface area contributed by atoms with Crippen molar-refractivity contribution in [1.82, 2.24) is 19.1 Å². The van der Waals surface area contributed by atoms with Gasteiger partial charge in [0.15, 0.2) is 5.95 Å². The Kier molecular flexibility index (Phi) is 15.3. The molecule has 0 bridgehead atoms. The number of benzene rings is 4. The summed E-state index contributed by atoms with van der Waals surface area (Å²) in [4.78, 5) is 31.9. The predicted octanol–water partition coefficient (Wildman–Crippen LogP) is 9.31. The summed E-state index contributed by atoms with van der Waals surface area (Å²) in [5.74, 6) is -0.269. The van der Waals surface area contributed by atoms with E-state index in [1.165, 1.54) is 0 Å². The fourth-order valence-corrected chi connectivity index (χ4v) is 6.12. The van der Waals surface area contributed by atoms with Crippen molar-refractivity contribution in [2.75, 3.05) is 11.1 Å². The summed E-state index contributed by atoms with van der Waals surface area (Å²) < 4.78 is 3.77. The van der Waals surface area contributed by atoms with E-state index in [1.54, 1.807) is 12.4 Å². The van der Waals surface area contributed by atoms with Crippen molar-refractivity contribution in [2.45, 2.75) is 51.4 Å². The zero-order valence-electron chi connectivity index (χ0n) is 30.4. The summed E-state index contributed by atoms with van der Waals surface area (Å²) in [6.45, 7) is 3.89. The third kappa shape index (κ3) is 11.3. The first-order valence-corrected chi connectivity index (χ1v) is 18.2. The first kappa shape index (κ1) is 40.4. The molecule has 0 spiro atoms. The smallest absolute Gasteiger partial charge is 0.310 e. The van der Waals surface area contributed by atoms with E-state index in [4.69, 9.17) is 34.0 Å². The highest BCUT2D eigenvalue weighted by Gasteiger charge is 2.21. The molecule has 2 aromatic heterocycles. The van der Waals surface area contributed by atoms with Crippen molar-refractivity contribution in [3.8, 4) is 0 Å². The lowest BCUT2D eigenvalue weighted by Crippen LogP contribution is -2.22. The number of carboxylic acids is 1. The van der Waals surface area contributed by atoms with Gasteiger partial charge in [-0.2, -0.15) is 0 Å². The number of aromatic nitrogens is 4. The molecule has 53 heavy (non-hydrogen) atoms. The van der Waals surface area contributed by atoms with Crippen LogP contribution in [0.2, 0.25) is 10.0 Å². The van der Waals surface area contributed by atoms with E-state index in [9.17, 15) is 9.59 Å². The number of nitrogen functional groups attached to an aromatic ring is 1. The number of rotatable bonds is 11. The van der Waals surface area contributed by atoms with Crippen LogP contribution in [0.25, 0.3) is 0 Å². The molecule has 0 aliphatic carbocycles. The van der Waals surface area contributed by atoms with E-state index in [0.717, 1.165) is 56.5 Å². The van der Waals surface area contributed by atoms with Gasteiger partial charge < -0.3 is 20.0 Å². The molecule has 0 fully saturated rings. The molecule has 4 aromatic carbocycles. The van der Waals surface area contributed by atoms with E-state index in [2.05, 4.69) is 15.3 Å². The fraction of sp³-hybridized carbons (Fsp3) is 0.238. The van der Waals surface area contributed by atoms with Crippen LogP contribution < -0.4 is 11.1 Å². The zero-order chi connectivity index (χ0) is 38.3. The topological polar surface area (TPSA) is 128 Å². The van der Waals surface area contributed by atoms with Crippen LogP contribution >= 0.6 is 23.2 Å². The van der Waals surface area contributed by atoms with E-state index in [1.807, 2.05) is 146 Å². The Bertz CT molecular complexity index is 2060.